The molecule has 3 saturated heterocycles. The van der Waals surface area contributed by atoms with Gasteiger partial charge < -0.3 is 14.3 Å². The molecule has 12 heavy (non-hydrogen) atoms. The molecule has 3 rings (SSSR count). The Kier molecular flexibility index (Phi) is 1.13. The predicted molar refractivity (Wildman–Crippen MR) is 43.6 cm³/mol. The first-order valence-electron chi connectivity index (χ1n) is 4.77. The van der Waals surface area contributed by atoms with E-state index in [0.717, 1.165) is 17.3 Å². The van der Waals surface area contributed by atoms with Crippen LogP contribution in [0.4, 0.5) is 0 Å². The van der Waals surface area contributed by atoms with E-state index in [9.17, 15) is 5.11 Å². The predicted octanol–water partition coefficient (Wildman–Crippen LogP) is -0.264. The number of fused-ring (bicyclic) bond motifs is 5. The number of hydrogen-bond donors (Lipinski definition) is 1. The van der Waals surface area contributed by atoms with Gasteiger partial charge in [0, 0.05) is 12.8 Å². The van der Waals surface area contributed by atoms with Gasteiger partial charge in [-0.25, -0.2) is 0 Å². The second-order valence-electron chi connectivity index (χ2n) is 4.95. The summed E-state index contributed by atoms with van der Waals surface area (Å²) in [7, 11) is 4.55. The molecule has 0 spiro atoms. The quantitative estimate of drug-likeness (QED) is 0.401. The van der Waals surface area contributed by atoms with Gasteiger partial charge in [-0.15, -0.1) is 0 Å². The molecule has 0 radical (unpaired) electrons. The molecular weight excluding hydrogens is 154 g/mol. The number of epoxide rings is 1. The van der Waals surface area contributed by atoms with Gasteiger partial charge in [-0.2, -0.15) is 0 Å². The van der Waals surface area contributed by atoms with Crippen molar-refractivity contribution in [2.45, 2.75) is 43.2 Å². The summed E-state index contributed by atoms with van der Waals surface area (Å²) in [5.74, 6) is 0. The Labute approximate surface area is 72.5 Å². The lowest BCUT2D eigenvalue weighted by atomic mass is 9.97. The highest BCUT2D eigenvalue weighted by Crippen LogP contribution is 2.50. The highest BCUT2D eigenvalue weighted by atomic mass is 16.6. The van der Waals surface area contributed by atoms with Gasteiger partial charge in [0.25, 0.3) is 0 Å². The third kappa shape index (κ3) is 0.679. The minimum atomic E-state index is -0.0671. The van der Waals surface area contributed by atoms with Crippen LogP contribution in [0, 0.1) is 0 Å². The van der Waals surface area contributed by atoms with E-state index >= 15 is 0 Å². The normalized spacial score (nSPS) is 59.8. The molecule has 3 nitrogen and oxygen atoms in total. The van der Waals surface area contributed by atoms with E-state index < -0.39 is 0 Å². The molecule has 0 aliphatic carbocycles. The van der Waals surface area contributed by atoms with Crippen LogP contribution < -0.4 is 0 Å². The van der Waals surface area contributed by atoms with E-state index in [2.05, 4.69) is 14.1 Å². The third-order valence-electron chi connectivity index (χ3n) is 4.06. The topological polar surface area (TPSA) is 32.8 Å². The summed E-state index contributed by atoms with van der Waals surface area (Å²) in [4.78, 5) is 0. The monoisotopic (exact) mass is 170 g/mol. The number of rotatable bonds is 0. The maximum atomic E-state index is 9.60. The number of quaternary nitrogens is 1. The van der Waals surface area contributed by atoms with E-state index in [0.29, 0.717) is 24.3 Å². The Balaban J connectivity index is 1.96. The van der Waals surface area contributed by atoms with Crippen LogP contribution in [0.1, 0.15) is 12.8 Å². The van der Waals surface area contributed by atoms with Crippen molar-refractivity contribution < 1.29 is 14.3 Å². The SMILES string of the molecule is C[N+]1(C)C2CC(O)CC1C1OC12. The van der Waals surface area contributed by atoms with Crippen molar-refractivity contribution >= 4 is 0 Å². The molecule has 3 fully saturated rings. The van der Waals surface area contributed by atoms with Crippen molar-refractivity contribution in [1.82, 2.24) is 0 Å². The Morgan fingerprint density at radius 1 is 1.17 bits per heavy atom. The van der Waals surface area contributed by atoms with Crippen molar-refractivity contribution in [3.05, 3.63) is 0 Å². The molecule has 3 heterocycles. The molecule has 3 aliphatic heterocycles. The summed E-state index contributed by atoms with van der Waals surface area (Å²) >= 11 is 0. The molecular formula is C9H16NO2+. The molecule has 3 aliphatic rings. The van der Waals surface area contributed by atoms with Crippen molar-refractivity contribution in [3.63, 3.8) is 0 Å². The zero-order chi connectivity index (χ0) is 8.51. The van der Waals surface area contributed by atoms with Crippen LogP contribution in [0.15, 0.2) is 0 Å². The summed E-state index contributed by atoms with van der Waals surface area (Å²) in [5, 5.41) is 9.60. The fourth-order valence-corrected chi connectivity index (χ4v) is 3.22. The largest absolute Gasteiger partial charge is 0.393 e. The zero-order valence-electron chi connectivity index (χ0n) is 7.60. The average molecular weight is 170 g/mol. The summed E-state index contributed by atoms with van der Waals surface area (Å²) < 4.78 is 6.65. The highest BCUT2D eigenvalue weighted by molar-refractivity contribution is 5.07. The zero-order valence-corrected chi connectivity index (χ0v) is 7.60. The van der Waals surface area contributed by atoms with Crippen LogP contribution >= 0.6 is 0 Å². The lowest BCUT2D eigenvalue weighted by molar-refractivity contribution is -0.938. The average Bonchev–Trinajstić information content (AvgIpc) is 2.66. The minimum absolute atomic E-state index is 0.0671. The number of nitrogens with zero attached hydrogens (tertiary/aromatic N) is 1. The van der Waals surface area contributed by atoms with Gasteiger partial charge in [0.05, 0.1) is 20.2 Å². The molecule has 0 aromatic rings. The molecule has 0 aromatic heterocycles. The lowest BCUT2D eigenvalue weighted by Crippen LogP contribution is -2.59. The molecule has 3 heteroatoms. The van der Waals surface area contributed by atoms with Crippen molar-refractivity contribution in [1.29, 1.82) is 0 Å². The first-order valence-corrected chi connectivity index (χ1v) is 4.77. The fraction of sp³-hybridized carbons (Fsp3) is 1.00. The smallest absolute Gasteiger partial charge is 0.142 e. The van der Waals surface area contributed by atoms with Gasteiger partial charge in [-0.3, -0.25) is 0 Å². The van der Waals surface area contributed by atoms with Crippen molar-refractivity contribution in [2.24, 2.45) is 0 Å². The number of aliphatic hydroxyl groups excluding tert-OH is 1. The van der Waals surface area contributed by atoms with Gasteiger partial charge >= 0.3 is 0 Å². The standard InChI is InChI=1S/C9H16NO2/c1-10(2)6-3-5(11)4-7(10)9-8(6)12-9/h5-9,11H,3-4H2,1-2H3/q+1. The molecule has 1 N–H and O–H groups in total. The number of ether oxygens (including phenoxy) is 1. The van der Waals surface area contributed by atoms with Crippen LogP contribution in [0.3, 0.4) is 0 Å². The third-order valence-corrected chi connectivity index (χ3v) is 4.06. The molecule has 0 aromatic carbocycles. The molecule has 4 atom stereocenters. The van der Waals surface area contributed by atoms with E-state index in [4.69, 9.17) is 4.74 Å². The second kappa shape index (κ2) is 1.86. The van der Waals surface area contributed by atoms with Crippen molar-refractivity contribution in [2.75, 3.05) is 14.1 Å². The summed E-state index contributed by atoms with van der Waals surface area (Å²) in [6, 6.07) is 1.12. The number of aliphatic hydroxyl groups is 1. The maximum absolute atomic E-state index is 9.60. The number of morpholine rings is 1. The van der Waals surface area contributed by atoms with Gasteiger partial charge in [0.1, 0.15) is 24.3 Å². The Bertz CT molecular complexity index is 209. The van der Waals surface area contributed by atoms with Gasteiger partial charge in [0.15, 0.2) is 0 Å². The van der Waals surface area contributed by atoms with Crippen molar-refractivity contribution in [3.8, 4) is 0 Å². The van der Waals surface area contributed by atoms with Crippen LogP contribution in [0.25, 0.3) is 0 Å². The van der Waals surface area contributed by atoms with Gasteiger partial charge in [0.2, 0.25) is 0 Å². The second-order valence-corrected chi connectivity index (χ2v) is 4.95. The summed E-state index contributed by atoms with van der Waals surface area (Å²) in [5.41, 5.74) is 0. The van der Waals surface area contributed by atoms with Crippen LogP contribution in [-0.2, 0) is 4.74 Å². The number of likely N-dealkylation sites (N-methyl/N-ethyl adjacent to an activating group) is 1. The number of piperidine rings is 1. The van der Waals surface area contributed by atoms with Crippen LogP contribution in [0.5, 0.6) is 0 Å². The van der Waals surface area contributed by atoms with E-state index in [1.54, 1.807) is 0 Å². The van der Waals surface area contributed by atoms with E-state index in [-0.39, 0.29) is 6.10 Å². The fourth-order valence-electron chi connectivity index (χ4n) is 3.22. The van der Waals surface area contributed by atoms with Gasteiger partial charge in [-0.1, -0.05) is 0 Å². The molecule has 68 valence electrons. The Morgan fingerprint density at radius 2 is 1.67 bits per heavy atom. The van der Waals surface area contributed by atoms with E-state index in [1.807, 2.05) is 0 Å². The molecule has 4 unspecified atom stereocenters. The highest BCUT2D eigenvalue weighted by Gasteiger charge is 2.70. The number of hydrogen-bond acceptors (Lipinski definition) is 2. The molecule has 0 saturated carbocycles. The lowest BCUT2D eigenvalue weighted by Gasteiger charge is -2.44. The van der Waals surface area contributed by atoms with Crippen LogP contribution in [-0.4, -0.2) is 54.1 Å². The van der Waals surface area contributed by atoms with Gasteiger partial charge in [-0.05, 0) is 0 Å². The molecule has 2 bridgehead atoms. The summed E-state index contributed by atoms with van der Waals surface area (Å²) in [6.45, 7) is 0. The Hall–Kier alpha value is -0.120. The summed E-state index contributed by atoms with van der Waals surface area (Å²) in [6.07, 6.45) is 2.75. The first kappa shape index (κ1) is 7.30. The first-order chi connectivity index (χ1) is 5.60. The molecule has 0 amide bonds. The minimum Gasteiger partial charge on any atom is -0.393 e. The van der Waals surface area contributed by atoms with E-state index in [1.165, 1.54) is 0 Å². The van der Waals surface area contributed by atoms with Crippen LogP contribution in [0.2, 0.25) is 0 Å². The maximum Gasteiger partial charge on any atom is 0.142 e. The Morgan fingerprint density at radius 3 is 2.17 bits per heavy atom.